The van der Waals surface area contributed by atoms with E-state index in [2.05, 4.69) is 5.32 Å². The van der Waals surface area contributed by atoms with Gasteiger partial charge in [0.2, 0.25) is 13.8 Å². The monoisotopic (exact) mass is 350 g/mol. The van der Waals surface area contributed by atoms with Crippen LogP contribution in [0, 0.1) is 11.3 Å². The van der Waals surface area contributed by atoms with Crippen LogP contribution in [0.15, 0.2) is 11.6 Å². The van der Waals surface area contributed by atoms with Crippen LogP contribution in [0.1, 0.15) is 48.5 Å². The van der Waals surface area contributed by atoms with E-state index in [0.29, 0.717) is 12.2 Å². The molecule has 0 bridgehead atoms. The number of amides is 2. The van der Waals surface area contributed by atoms with Crippen LogP contribution in [0.2, 0.25) is 0 Å². The van der Waals surface area contributed by atoms with Crippen LogP contribution in [-0.2, 0) is 14.3 Å². The lowest BCUT2D eigenvalue weighted by Crippen LogP contribution is -2.56. The molecular formula is C18H31BN2O4. The van der Waals surface area contributed by atoms with Gasteiger partial charge in [-0.2, -0.15) is 0 Å². The fraction of sp³-hybridized carbons (Fsp3) is 0.722. The fourth-order valence-corrected chi connectivity index (χ4v) is 2.46. The number of esters is 1. The molecule has 0 saturated heterocycles. The van der Waals surface area contributed by atoms with Gasteiger partial charge < -0.3 is 15.0 Å². The van der Waals surface area contributed by atoms with E-state index in [1.165, 1.54) is 0 Å². The maximum Gasteiger partial charge on any atom is 0.333 e. The Bertz CT molecular complexity index is 524. The van der Waals surface area contributed by atoms with Crippen molar-refractivity contribution in [3.05, 3.63) is 11.6 Å². The van der Waals surface area contributed by atoms with Crippen molar-refractivity contribution in [2.75, 3.05) is 13.7 Å². The molecule has 6 nitrogen and oxygen atoms in total. The number of likely N-dealkylation sites (N-methyl/N-ethyl adjacent to an activating group) is 1. The molecule has 7 heteroatoms. The Kier molecular flexibility index (Phi) is 8.95. The van der Waals surface area contributed by atoms with Gasteiger partial charge in [0.05, 0.1) is 12.6 Å². The second-order valence-corrected chi connectivity index (χ2v) is 7.56. The number of carbonyl (C=O) groups is 3. The summed E-state index contributed by atoms with van der Waals surface area (Å²) in [5, 5.41) is 2.53. The third-order valence-corrected chi connectivity index (χ3v) is 3.90. The van der Waals surface area contributed by atoms with Crippen molar-refractivity contribution in [3.63, 3.8) is 0 Å². The molecule has 0 aliphatic heterocycles. The summed E-state index contributed by atoms with van der Waals surface area (Å²) < 4.78 is 4.99. The number of hydrogen-bond acceptors (Lipinski definition) is 4. The zero-order chi connectivity index (χ0) is 19.9. The molecule has 0 heterocycles. The number of hydrogen-bond donors (Lipinski definition) is 1. The van der Waals surface area contributed by atoms with Crippen molar-refractivity contribution < 1.29 is 19.1 Å². The van der Waals surface area contributed by atoms with Gasteiger partial charge >= 0.3 is 5.97 Å². The number of ether oxygens (including phenoxy) is 1. The van der Waals surface area contributed by atoms with Gasteiger partial charge in [0.15, 0.2) is 5.81 Å². The molecule has 0 fully saturated rings. The lowest BCUT2D eigenvalue weighted by molar-refractivity contribution is -0.139. The van der Waals surface area contributed by atoms with Crippen molar-refractivity contribution in [1.29, 1.82) is 0 Å². The Hall–Kier alpha value is -1.79. The van der Waals surface area contributed by atoms with E-state index in [0.717, 1.165) is 0 Å². The van der Waals surface area contributed by atoms with E-state index in [1.807, 2.05) is 34.6 Å². The summed E-state index contributed by atoms with van der Waals surface area (Å²) in [4.78, 5) is 37.7. The third kappa shape index (κ3) is 7.32. The van der Waals surface area contributed by atoms with Crippen LogP contribution in [0.4, 0.5) is 4.79 Å². The first-order chi connectivity index (χ1) is 11.3. The molecule has 140 valence electrons. The molecule has 25 heavy (non-hydrogen) atoms. The minimum atomic E-state index is -0.771. The standard InChI is InChI=1S/C18H31BN2O4/c1-9-25-16(23)12(4)10-13(11(2)3)21(8)15(22)14(18(5,6)7)20-17(19)24/h10-11,13-14H,9H2,1-8H3,(H,20,24)/t13-,14-/m1/s1. The molecule has 0 saturated carbocycles. The van der Waals surface area contributed by atoms with Crippen LogP contribution in [-0.4, -0.2) is 56.2 Å². The minimum absolute atomic E-state index is 0.0625. The Labute approximate surface area is 152 Å². The minimum Gasteiger partial charge on any atom is -0.463 e. The van der Waals surface area contributed by atoms with Crippen LogP contribution in [0.3, 0.4) is 0 Å². The van der Waals surface area contributed by atoms with E-state index in [-0.39, 0.29) is 17.9 Å². The zero-order valence-corrected chi connectivity index (χ0v) is 16.7. The molecule has 0 aliphatic carbocycles. The second-order valence-electron chi connectivity index (χ2n) is 7.56. The topological polar surface area (TPSA) is 75.7 Å². The smallest absolute Gasteiger partial charge is 0.333 e. The quantitative estimate of drug-likeness (QED) is 0.434. The molecule has 0 aromatic carbocycles. The molecule has 0 rings (SSSR count). The van der Waals surface area contributed by atoms with Crippen molar-refractivity contribution in [1.82, 2.24) is 10.2 Å². The van der Waals surface area contributed by atoms with Gasteiger partial charge in [-0.1, -0.05) is 40.7 Å². The normalized spacial score (nSPS) is 14.7. The summed E-state index contributed by atoms with van der Waals surface area (Å²) in [5.41, 5.74) is -0.0719. The molecule has 0 unspecified atom stereocenters. The molecule has 2 atom stereocenters. The first-order valence-corrected chi connectivity index (χ1v) is 8.51. The van der Waals surface area contributed by atoms with Crippen molar-refractivity contribution in [3.8, 4) is 0 Å². The van der Waals surface area contributed by atoms with Crippen LogP contribution >= 0.6 is 0 Å². The molecule has 1 N–H and O–H groups in total. The SMILES string of the molecule is [B]C(=O)N[C@H](C(=O)N(C)[C@H](C=C(C)C(=O)OCC)C(C)C)C(C)(C)C. The highest BCUT2D eigenvalue weighted by Gasteiger charge is 2.36. The third-order valence-electron chi connectivity index (χ3n) is 3.90. The molecule has 0 aromatic heterocycles. The molecule has 0 aliphatic rings. The zero-order valence-electron chi connectivity index (χ0n) is 16.7. The Morgan fingerprint density at radius 2 is 1.76 bits per heavy atom. The van der Waals surface area contributed by atoms with E-state index < -0.39 is 23.2 Å². The van der Waals surface area contributed by atoms with Crippen LogP contribution in [0.25, 0.3) is 0 Å². The van der Waals surface area contributed by atoms with Crippen molar-refractivity contribution in [2.45, 2.75) is 60.5 Å². The number of nitrogens with one attached hydrogen (secondary N) is 1. The predicted octanol–water partition coefficient (Wildman–Crippen LogP) is 2.27. The van der Waals surface area contributed by atoms with Gasteiger partial charge in [-0.3, -0.25) is 9.59 Å². The summed E-state index contributed by atoms with van der Waals surface area (Å²) in [6.07, 6.45) is 1.73. The predicted molar refractivity (Wildman–Crippen MR) is 99.3 cm³/mol. The van der Waals surface area contributed by atoms with Gasteiger partial charge in [-0.05, 0) is 25.2 Å². The molecule has 2 amide bonds. The van der Waals surface area contributed by atoms with Gasteiger partial charge in [0.25, 0.3) is 0 Å². The van der Waals surface area contributed by atoms with Gasteiger partial charge in [0, 0.05) is 12.6 Å². The highest BCUT2D eigenvalue weighted by Crippen LogP contribution is 2.23. The molecule has 0 spiro atoms. The molecule has 2 radical (unpaired) electrons. The summed E-state index contributed by atoms with van der Waals surface area (Å²) in [5.74, 6) is -1.36. The van der Waals surface area contributed by atoms with E-state index in [4.69, 9.17) is 12.6 Å². The van der Waals surface area contributed by atoms with E-state index >= 15 is 0 Å². The number of carbonyl (C=O) groups excluding carboxylic acids is 3. The Morgan fingerprint density at radius 1 is 1.24 bits per heavy atom. The molecular weight excluding hydrogens is 319 g/mol. The van der Waals surface area contributed by atoms with Gasteiger partial charge in [-0.15, -0.1) is 0 Å². The average Bonchev–Trinajstić information content (AvgIpc) is 2.47. The van der Waals surface area contributed by atoms with Crippen molar-refractivity contribution >= 4 is 25.5 Å². The average molecular weight is 350 g/mol. The van der Waals surface area contributed by atoms with Crippen LogP contribution < -0.4 is 5.32 Å². The van der Waals surface area contributed by atoms with Crippen LogP contribution in [0.5, 0.6) is 0 Å². The highest BCUT2D eigenvalue weighted by molar-refractivity contribution is 6.57. The van der Waals surface area contributed by atoms with E-state index in [1.54, 1.807) is 31.9 Å². The maximum atomic E-state index is 13.0. The Morgan fingerprint density at radius 3 is 2.12 bits per heavy atom. The first kappa shape index (κ1) is 23.2. The first-order valence-electron chi connectivity index (χ1n) is 8.51. The lowest BCUT2D eigenvalue weighted by Gasteiger charge is -2.37. The summed E-state index contributed by atoms with van der Waals surface area (Å²) in [6, 6.07) is -1.09. The summed E-state index contributed by atoms with van der Waals surface area (Å²) in [7, 11) is 6.88. The number of nitrogens with zero attached hydrogens (tertiary/aromatic N) is 1. The summed E-state index contributed by atoms with van der Waals surface area (Å²) in [6.45, 7) is 13.2. The van der Waals surface area contributed by atoms with E-state index in [9.17, 15) is 14.4 Å². The number of rotatable bonds is 7. The second kappa shape index (κ2) is 9.63. The fourth-order valence-electron chi connectivity index (χ4n) is 2.46. The Balaban J connectivity index is 5.61. The lowest BCUT2D eigenvalue weighted by atomic mass is 9.84. The van der Waals surface area contributed by atoms with Gasteiger partial charge in [-0.25, -0.2) is 4.79 Å². The van der Waals surface area contributed by atoms with Crippen molar-refractivity contribution in [2.24, 2.45) is 11.3 Å². The molecule has 0 aromatic rings. The highest BCUT2D eigenvalue weighted by atomic mass is 16.5. The van der Waals surface area contributed by atoms with Gasteiger partial charge in [0.1, 0.15) is 6.04 Å². The maximum absolute atomic E-state index is 13.0. The summed E-state index contributed by atoms with van der Waals surface area (Å²) >= 11 is 0. The largest absolute Gasteiger partial charge is 0.463 e.